The van der Waals surface area contributed by atoms with E-state index in [0.29, 0.717) is 95.5 Å². The van der Waals surface area contributed by atoms with Gasteiger partial charge in [0.2, 0.25) is 0 Å². The first-order valence-electron chi connectivity index (χ1n) is 48.0. The number of aromatic nitrogens is 18. The lowest BCUT2D eigenvalue weighted by Crippen LogP contribution is -2.03. The maximum Gasteiger partial charge on any atom is 0.159 e. The predicted octanol–water partition coefficient (Wildman–Crippen LogP) is 21.7. The van der Waals surface area contributed by atoms with Gasteiger partial charge in [-0.3, -0.25) is 19.0 Å². The van der Waals surface area contributed by atoms with Crippen molar-refractivity contribution in [1.82, 2.24) is 90.0 Å². The number of nitrogens with zero attached hydrogens (tertiary/aromatic N) is 18. The van der Waals surface area contributed by atoms with Crippen molar-refractivity contribution in [3.05, 3.63) is 383 Å². The minimum atomic E-state index is 0.0427. The Labute approximate surface area is 851 Å². The molecule has 0 bridgehead atoms. The summed E-state index contributed by atoms with van der Waals surface area (Å²) in [6, 6.07) is 67.1. The van der Waals surface area contributed by atoms with E-state index < -0.39 is 0 Å². The van der Waals surface area contributed by atoms with Crippen LogP contribution in [0.25, 0.3) is 44.6 Å². The molecule has 0 radical (unpaired) electrons. The van der Waals surface area contributed by atoms with Crippen molar-refractivity contribution in [3.63, 3.8) is 0 Å². The highest BCUT2D eigenvalue weighted by atomic mass is 16.5. The van der Waals surface area contributed by atoms with Gasteiger partial charge in [-0.15, -0.1) is 30.6 Å². The van der Waals surface area contributed by atoms with Crippen LogP contribution in [-0.2, 0) is 105 Å². The van der Waals surface area contributed by atoms with E-state index in [0.717, 1.165) is 64.8 Å². The maximum absolute atomic E-state index is 11.4. The van der Waals surface area contributed by atoms with E-state index in [1.165, 1.54) is 134 Å². The van der Waals surface area contributed by atoms with Crippen LogP contribution < -0.4 is 4.74 Å². The third-order valence-electron chi connectivity index (χ3n) is 24.6. The zero-order chi connectivity index (χ0) is 106. The van der Waals surface area contributed by atoms with E-state index in [-0.39, 0.29) is 34.7 Å². The van der Waals surface area contributed by atoms with Crippen LogP contribution in [0.5, 0.6) is 5.75 Å². The fraction of sp³-hybridized carbons (Fsp3) is 0.299. The van der Waals surface area contributed by atoms with Gasteiger partial charge in [0.15, 0.2) is 5.78 Å². The topological polar surface area (TPSA) is 350 Å². The Kier molecular flexibility index (Phi) is 45.3. The van der Waals surface area contributed by atoms with E-state index in [1.807, 2.05) is 94.5 Å². The average Bonchev–Trinajstić information content (AvgIpc) is 1.23. The van der Waals surface area contributed by atoms with Gasteiger partial charge in [0.1, 0.15) is 67.2 Å². The van der Waals surface area contributed by atoms with Crippen LogP contribution >= 0.6 is 0 Å². The molecule has 16 aromatic rings. The molecular weight excluding hydrogens is 1820 g/mol. The first-order valence-corrected chi connectivity index (χ1v) is 48.0. The van der Waals surface area contributed by atoms with Crippen molar-refractivity contribution in [2.75, 3.05) is 0 Å². The molecule has 6 heterocycles. The van der Waals surface area contributed by atoms with Crippen LogP contribution in [-0.4, -0.2) is 144 Å². The third kappa shape index (κ3) is 36.7. The second kappa shape index (κ2) is 57.6. The summed E-state index contributed by atoms with van der Waals surface area (Å²) in [7, 11) is 0. The molecule has 1 N–H and O–H groups in total. The lowest BCUT2D eigenvalue weighted by atomic mass is 9.86. The fourth-order valence-electron chi connectivity index (χ4n) is 15.6. The zero-order valence-corrected chi connectivity index (χ0v) is 87.3. The van der Waals surface area contributed by atoms with Crippen LogP contribution in [0, 0.1) is 96.9 Å². The molecular formula is C117H136N18O10. The minimum Gasteiger partial charge on any atom is -0.513 e. The zero-order valence-electron chi connectivity index (χ0n) is 87.3. The molecule has 145 heavy (non-hydrogen) atoms. The molecule has 10 aromatic carbocycles. The summed E-state index contributed by atoms with van der Waals surface area (Å²) in [4.78, 5) is 79.5. The van der Waals surface area contributed by atoms with Crippen LogP contribution in [0.4, 0.5) is 0 Å². The summed E-state index contributed by atoms with van der Waals surface area (Å²) >= 11 is 0. The van der Waals surface area contributed by atoms with Crippen LogP contribution in [0.2, 0.25) is 0 Å². The van der Waals surface area contributed by atoms with Crippen molar-refractivity contribution >= 4 is 49.3 Å². The van der Waals surface area contributed by atoms with Gasteiger partial charge in [-0.25, -0.2) is 18.7 Å². The highest BCUT2D eigenvalue weighted by molar-refractivity contribution is 5.95. The number of hydrogen-bond donors (Lipinski definition) is 1. The standard InChI is InChI=1S/C31H27N3O.C21H23N3O2.3C16H21N3O.C14H17N3O.3CH2O/c1-23(35)17-18-28-22-34(33-32-28)21-24-19-29(25-11-5-2-6-12-25)31(27-15-9-4-10-16-27)30(20-24)26-13-7-3-8-14-26;1-14-9-18(10-15(2)16(14)3)11-24-12-20(22-23-24)13-26-21-7-5-19(6-8-21)17(4)25;1-11-7-15(8-12(2)14(11)4)9-16-10-19(18-17-16)6-5-13(3)20;2*1-11-7-15(8-12(2)14(11)4)9-19-10-16(17-18-19)6-5-13(3)20;1-10-4-5-13(8-11(10)2)14-9-17(16-15-14)7-6-12(3)18;3*1-2/h2-16,19-20,22H,17-18,21H2,1H3;5-10,12H,11,13H2,1-4H3;3*7-8,10H,5-6,9H2,1-4H3;4-5,8-9,18H,3,6-7H2,1-2H3;3*1H2. The summed E-state index contributed by atoms with van der Waals surface area (Å²) < 4.78 is 16.5. The number of aliphatic hydroxyl groups excluding tert-OH is 1. The molecule has 6 aromatic heterocycles. The molecule has 16 rings (SSSR count). The maximum atomic E-state index is 11.4. The summed E-state index contributed by atoms with van der Waals surface area (Å²) in [6.45, 7) is 51.4. The van der Waals surface area contributed by atoms with E-state index in [2.05, 4.69) is 317 Å². The summed E-state index contributed by atoms with van der Waals surface area (Å²) in [6.07, 6.45) is 16.8. The number of carbonyl (C=O) groups excluding carboxylic acids is 8. The average molecular weight is 1950 g/mol. The Balaban J connectivity index is 0.000000214. The molecule has 0 aliphatic rings. The lowest BCUT2D eigenvalue weighted by Gasteiger charge is -2.19. The SMILES string of the molecule is C=C(O)CCn1cc(-c2ccc(C)c(C)c2)nn1.C=O.C=O.C=O.CC(=O)CCc1cn(Cc2cc(-c3ccccc3)c(-c3ccccc3)c(-c3ccccc3)c2)nn1.CC(=O)CCc1cn(Cc2cc(C)c(C)c(C)c2)nn1.CC(=O)CCc1cn(Cc2cc(C)c(C)c(C)c2)nn1.CC(=O)CCn1cc(Cc2cc(C)c(C)c(C)c2)nn1.CC(=O)c1ccc(OCc2cn(Cc3cc(C)c(C)c(C)c3)nn2)cc1. The number of hydrogen-bond acceptors (Lipinski definition) is 22. The predicted molar refractivity (Wildman–Crippen MR) is 570 cm³/mol. The quantitative estimate of drug-likeness (QED) is 0.0295. The van der Waals surface area contributed by atoms with Gasteiger partial charge in [0.05, 0.1) is 67.1 Å². The smallest absolute Gasteiger partial charge is 0.159 e. The molecule has 28 nitrogen and oxygen atoms in total. The number of aliphatic hydroxyl groups is 1. The van der Waals surface area contributed by atoms with E-state index in [9.17, 15) is 24.0 Å². The molecule has 0 saturated heterocycles. The summed E-state index contributed by atoms with van der Waals surface area (Å²) in [5, 5.41) is 58.9. The second-order valence-electron chi connectivity index (χ2n) is 36.3. The monoisotopic (exact) mass is 1950 g/mol. The number of ether oxygens (including phenoxy) is 1. The number of ketones is 5. The highest BCUT2D eigenvalue weighted by Crippen LogP contribution is 2.42. The number of aryl methyl sites for hydroxylation is 15. The largest absolute Gasteiger partial charge is 0.513 e. The molecule has 28 heteroatoms. The van der Waals surface area contributed by atoms with Crippen molar-refractivity contribution < 1.29 is 48.2 Å². The second-order valence-corrected chi connectivity index (χ2v) is 36.3. The Morgan fingerprint density at radius 3 is 0.986 bits per heavy atom. The number of allylic oxidation sites excluding steroid dienone is 1. The van der Waals surface area contributed by atoms with E-state index in [1.54, 1.807) is 68.2 Å². The van der Waals surface area contributed by atoms with Gasteiger partial charge in [-0.2, -0.15) is 0 Å². The highest BCUT2D eigenvalue weighted by Gasteiger charge is 2.20. The van der Waals surface area contributed by atoms with Gasteiger partial charge in [-0.1, -0.05) is 190 Å². The van der Waals surface area contributed by atoms with Gasteiger partial charge in [-0.05, 0) is 332 Å². The van der Waals surface area contributed by atoms with E-state index in [4.69, 9.17) is 24.2 Å². The number of carbonyl (C=O) groups is 8. The van der Waals surface area contributed by atoms with Crippen molar-refractivity contribution in [1.29, 1.82) is 0 Å². The summed E-state index contributed by atoms with van der Waals surface area (Å²) in [5.74, 6) is 1.62. The number of benzene rings is 10. The van der Waals surface area contributed by atoms with E-state index >= 15 is 0 Å². The van der Waals surface area contributed by atoms with Crippen LogP contribution in [0.1, 0.15) is 211 Å². The normalized spacial score (nSPS) is 10.4. The Bertz CT molecular complexity index is 6520. The van der Waals surface area contributed by atoms with Gasteiger partial charge in [0.25, 0.3) is 0 Å². The van der Waals surface area contributed by atoms with Crippen LogP contribution in [0.3, 0.4) is 0 Å². The Morgan fingerprint density at radius 2 is 0.621 bits per heavy atom. The first-order chi connectivity index (χ1) is 69.5. The summed E-state index contributed by atoms with van der Waals surface area (Å²) in [5.41, 5.74) is 38.3. The fourth-order valence-corrected chi connectivity index (χ4v) is 15.6. The molecule has 0 unspecified atom stereocenters. The van der Waals surface area contributed by atoms with Crippen molar-refractivity contribution in [2.24, 2.45) is 0 Å². The first kappa shape index (κ1) is 114. The Morgan fingerprint density at radius 1 is 0.303 bits per heavy atom. The van der Waals surface area contributed by atoms with Crippen molar-refractivity contribution in [3.8, 4) is 50.4 Å². The van der Waals surface area contributed by atoms with Gasteiger partial charge < -0.3 is 38.6 Å². The lowest BCUT2D eigenvalue weighted by molar-refractivity contribution is -0.118. The molecule has 0 fully saturated rings. The third-order valence-corrected chi connectivity index (χ3v) is 24.6. The molecule has 0 aliphatic carbocycles. The molecule has 0 spiro atoms. The van der Waals surface area contributed by atoms with Crippen LogP contribution in [0.15, 0.2) is 244 Å². The van der Waals surface area contributed by atoms with Gasteiger partial charge in [0, 0.05) is 87.5 Å². The molecule has 0 saturated carbocycles. The number of Topliss-reactive ketones (excluding diaryl/α,β-unsaturated/α-hetero) is 5. The Hall–Kier alpha value is -16.3. The minimum absolute atomic E-state index is 0.0427. The molecule has 0 amide bonds. The molecule has 754 valence electrons. The molecule has 0 atom stereocenters. The molecule has 0 aliphatic heterocycles. The number of rotatable bonds is 33. The van der Waals surface area contributed by atoms with Gasteiger partial charge >= 0.3 is 0 Å². The van der Waals surface area contributed by atoms with Crippen molar-refractivity contribution in [2.45, 2.75) is 235 Å².